The van der Waals surface area contributed by atoms with E-state index in [-0.39, 0.29) is 5.82 Å². The average molecular weight is 364 g/mol. The molecular weight excluding hydrogens is 354 g/mol. The molecule has 2 aromatic carbocycles. The monoisotopic (exact) mass is 362 g/mol. The van der Waals surface area contributed by atoms with Gasteiger partial charge in [0.1, 0.15) is 5.82 Å². The van der Waals surface area contributed by atoms with Crippen molar-refractivity contribution in [2.45, 2.75) is 12.5 Å². The van der Waals surface area contributed by atoms with E-state index in [0.29, 0.717) is 26.5 Å². The summed E-state index contributed by atoms with van der Waals surface area (Å²) in [5, 5.41) is 11.3. The Labute approximate surface area is 129 Å². The number of aliphatic hydroxyl groups is 1. The molecule has 100 valence electrons. The highest BCUT2D eigenvalue weighted by atomic mass is 79.9. The summed E-state index contributed by atoms with van der Waals surface area (Å²) >= 11 is 15.2. The Morgan fingerprint density at radius 2 is 1.89 bits per heavy atom. The summed E-state index contributed by atoms with van der Waals surface area (Å²) in [6, 6.07) is 9.26. The molecular formula is C14H10BrCl2FO. The predicted molar refractivity (Wildman–Crippen MR) is 79.2 cm³/mol. The smallest absolute Gasteiger partial charge is 0.124 e. The van der Waals surface area contributed by atoms with Crippen LogP contribution in [0.4, 0.5) is 4.39 Å². The molecule has 5 heteroatoms. The van der Waals surface area contributed by atoms with Gasteiger partial charge in [-0.25, -0.2) is 4.39 Å². The fourth-order valence-electron chi connectivity index (χ4n) is 1.79. The first-order valence-electron chi connectivity index (χ1n) is 5.54. The normalized spacial score (nSPS) is 12.5. The summed E-state index contributed by atoms with van der Waals surface area (Å²) in [5.41, 5.74) is 1.36. The van der Waals surface area contributed by atoms with E-state index in [4.69, 9.17) is 23.2 Å². The van der Waals surface area contributed by atoms with E-state index >= 15 is 0 Å². The topological polar surface area (TPSA) is 20.2 Å². The molecule has 0 bridgehead atoms. The van der Waals surface area contributed by atoms with E-state index in [0.717, 1.165) is 5.56 Å². The van der Waals surface area contributed by atoms with E-state index in [9.17, 15) is 9.50 Å². The highest BCUT2D eigenvalue weighted by Gasteiger charge is 2.14. The van der Waals surface area contributed by atoms with Gasteiger partial charge in [-0.2, -0.15) is 0 Å². The molecule has 2 rings (SSSR count). The Hall–Kier alpha value is -0.610. The molecule has 2 aromatic rings. The van der Waals surface area contributed by atoms with Gasteiger partial charge >= 0.3 is 0 Å². The zero-order valence-electron chi connectivity index (χ0n) is 9.71. The van der Waals surface area contributed by atoms with Crippen molar-refractivity contribution >= 4 is 39.1 Å². The van der Waals surface area contributed by atoms with E-state index in [1.807, 2.05) is 0 Å². The van der Waals surface area contributed by atoms with Crippen molar-refractivity contribution in [3.05, 3.63) is 67.9 Å². The second kappa shape index (κ2) is 6.23. The molecule has 0 fully saturated rings. The minimum atomic E-state index is -0.786. The summed E-state index contributed by atoms with van der Waals surface area (Å²) in [6.07, 6.45) is -0.477. The van der Waals surface area contributed by atoms with Gasteiger partial charge < -0.3 is 5.11 Å². The largest absolute Gasteiger partial charge is 0.388 e. The predicted octanol–water partition coefficient (Wildman–Crippen LogP) is 5.17. The van der Waals surface area contributed by atoms with Crippen molar-refractivity contribution in [3.8, 4) is 0 Å². The van der Waals surface area contributed by atoms with Crippen LogP contribution in [0.15, 0.2) is 40.9 Å². The second-order valence-corrected chi connectivity index (χ2v) is 5.82. The van der Waals surface area contributed by atoms with Gasteiger partial charge in [0.25, 0.3) is 0 Å². The number of rotatable bonds is 3. The lowest BCUT2D eigenvalue weighted by atomic mass is 10.0. The van der Waals surface area contributed by atoms with Crippen LogP contribution < -0.4 is 0 Å². The van der Waals surface area contributed by atoms with E-state index in [1.54, 1.807) is 24.3 Å². The van der Waals surface area contributed by atoms with E-state index < -0.39 is 6.10 Å². The van der Waals surface area contributed by atoms with Gasteiger partial charge in [0, 0.05) is 20.9 Å². The van der Waals surface area contributed by atoms with Gasteiger partial charge in [-0.15, -0.1) is 0 Å². The third kappa shape index (κ3) is 3.69. The van der Waals surface area contributed by atoms with Crippen molar-refractivity contribution in [2.24, 2.45) is 0 Å². The molecule has 0 aliphatic carbocycles. The van der Waals surface area contributed by atoms with Crippen LogP contribution in [0.2, 0.25) is 10.0 Å². The molecule has 0 radical (unpaired) electrons. The summed E-state index contributed by atoms with van der Waals surface area (Å²) < 4.78 is 13.5. The van der Waals surface area contributed by atoms with Crippen LogP contribution in [0.1, 0.15) is 17.2 Å². The quantitative estimate of drug-likeness (QED) is 0.797. The lowest BCUT2D eigenvalue weighted by Crippen LogP contribution is -2.03. The number of halogens is 4. The Morgan fingerprint density at radius 1 is 1.16 bits per heavy atom. The second-order valence-electron chi connectivity index (χ2n) is 4.12. The average Bonchev–Trinajstić information content (AvgIpc) is 2.33. The Kier molecular flexibility index (Phi) is 4.85. The first kappa shape index (κ1) is 14.8. The molecule has 1 atom stereocenters. The standard InChI is InChI=1S/C14H10BrCl2FO/c15-12-7-10(18)2-3-11(12)14(19)6-8-5-9(16)1-4-13(8)17/h1-5,7,14,19H,6H2. The highest BCUT2D eigenvalue weighted by Crippen LogP contribution is 2.30. The van der Waals surface area contributed by atoms with Crippen LogP contribution >= 0.6 is 39.1 Å². The van der Waals surface area contributed by atoms with Crippen LogP contribution in [0, 0.1) is 5.82 Å². The molecule has 0 saturated heterocycles. The van der Waals surface area contributed by atoms with Gasteiger partial charge in [0.05, 0.1) is 6.10 Å². The molecule has 0 aliphatic heterocycles. The molecule has 0 aliphatic rings. The number of hydrogen-bond acceptors (Lipinski definition) is 1. The molecule has 0 heterocycles. The Morgan fingerprint density at radius 3 is 2.58 bits per heavy atom. The fraction of sp³-hybridized carbons (Fsp3) is 0.143. The zero-order chi connectivity index (χ0) is 14.0. The minimum Gasteiger partial charge on any atom is -0.388 e. The number of hydrogen-bond donors (Lipinski definition) is 1. The molecule has 1 nitrogen and oxygen atoms in total. The molecule has 19 heavy (non-hydrogen) atoms. The van der Waals surface area contributed by atoms with Crippen LogP contribution in [0.3, 0.4) is 0 Å². The Balaban J connectivity index is 2.25. The maximum atomic E-state index is 13.0. The maximum absolute atomic E-state index is 13.0. The molecule has 0 aromatic heterocycles. The molecule has 0 spiro atoms. The van der Waals surface area contributed by atoms with Gasteiger partial charge in [-0.3, -0.25) is 0 Å². The SMILES string of the molecule is OC(Cc1cc(Cl)ccc1Cl)c1ccc(F)cc1Br. The zero-order valence-corrected chi connectivity index (χ0v) is 12.8. The van der Waals surface area contributed by atoms with Crippen LogP contribution in [-0.4, -0.2) is 5.11 Å². The van der Waals surface area contributed by atoms with Crippen molar-refractivity contribution in [1.82, 2.24) is 0 Å². The van der Waals surface area contributed by atoms with Crippen LogP contribution in [0.25, 0.3) is 0 Å². The van der Waals surface area contributed by atoms with Crippen molar-refractivity contribution in [3.63, 3.8) is 0 Å². The van der Waals surface area contributed by atoms with Gasteiger partial charge in [-0.05, 0) is 41.5 Å². The van der Waals surface area contributed by atoms with Crippen molar-refractivity contribution < 1.29 is 9.50 Å². The number of aliphatic hydroxyl groups excluding tert-OH is 1. The van der Waals surface area contributed by atoms with Crippen LogP contribution in [-0.2, 0) is 6.42 Å². The molecule has 0 saturated carbocycles. The maximum Gasteiger partial charge on any atom is 0.124 e. The summed E-state index contributed by atoms with van der Waals surface area (Å²) in [4.78, 5) is 0. The lowest BCUT2D eigenvalue weighted by Gasteiger charge is -2.14. The first-order valence-corrected chi connectivity index (χ1v) is 7.09. The lowest BCUT2D eigenvalue weighted by molar-refractivity contribution is 0.177. The Bertz CT molecular complexity index is 604. The van der Waals surface area contributed by atoms with Crippen molar-refractivity contribution in [1.29, 1.82) is 0 Å². The summed E-state index contributed by atoms with van der Waals surface area (Å²) in [7, 11) is 0. The molecule has 0 amide bonds. The van der Waals surface area contributed by atoms with Gasteiger partial charge in [-0.1, -0.05) is 45.2 Å². The molecule has 1 N–H and O–H groups in total. The summed E-state index contributed by atoms with van der Waals surface area (Å²) in [6.45, 7) is 0. The minimum absolute atomic E-state index is 0.309. The third-order valence-electron chi connectivity index (χ3n) is 2.74. The van der Waals surface area contributed by atoms with Gasteiger partial charge in [0.15, 0.2) is 0 Å². The van der Waals surface area contributed by atoms with Gasteiger partial charge in [0.2, 0.25) is 0 Å². The molecule has 1 unspecified atom stereocenters. The first-order chi connectivity index (χ1) is 8.97. The van der Waals surface area contributed by atoms with E-state index in [1.165, 1.54) is 12.1 Å². The highest BCUT2D eigenvalue weighted by molar-refractivity contribution is 9.10. The van der Waals surface area contributed by atoms with E-state index in [2.05, 4.69) is 15.9 Å². The third-order valence-corrected chi connectivity index (χ3v) is 4.03. The summed E-state index contributed by atoms with van der Waals surface area (Å²) in [5.74, 6) is -0.358. The van der Waals surface area contributed by atoms with Crippen LogP contribution in [0.5, 0.6) is 0 Å². The fourth-order valence-corrected chi connectivity index (χ4v) is 2.79. The van der Waals surface area contributed by atoms with Crippen molar-refractivity contribution in [2.75, 3.05) is 0 Å². The number of benzene rings is 2.